The minimum atomic E-state index is -0.113. The van der Waals surface area contributed by atoms with Gasteiger partial charge in [-0.05, 0) is 18.4 Å². The van der Waals surface area contributed by atoms with E-state index in [1.54, 1.807) is 29.2 Å². The largest absolute Gasteiger partial charge is 0.351 e. The third kappa shape index (κ3) is 3.47. The fourth-order valence-electron chi connectivity index (χ4n) is 2.75. The molecule has 0 aromatic carbocycles. The quantitative estimate of drug-likeness (QED) is 0.704. The highest BCUT2D eigenvalue weighted by Gasteiger charge is 2.25. The lowest BCUT2D eigenvalue weighted by molar-refractivity contribution is 0.0576. The Bertz CT molecular complexity index is 849. The summed E-state index contributed by atoms with van der Waals surface area (Å²) < 4.78 is 10.4. The Morgan fingerprint density at radius 1 is 1.24 bits per heavy atom. The molecule has 1 fully saturated rings. The molecule has 0 atom stereocenters. The molecule has 3 aromatic heterocycles. The molecule has 130 valence electrons. The van der Waals surface area contributed by atoms with Gasteiger partial charge in [-0.15, -0.1) is 11.3 Å². The zero-order chi connectivity index (χ0) is 17.2. The Balaban J connectivity index is 1.32. The molecular weight excluding hydrogens is 342 g/mol. The van der Waals surface area contributed by atoms with Gasteiger partial charge in [0.15, 0.2) is 0 Å². The van der Waals surface area contributed by atoms with Crippen LogP contribution in [0, 0.1) is 6.92 Å². The predicted octanol–water partition coefficient (Wildman–Crippen LogP) is 2.05. The summed E-state index contributed by atoms with van der Waals surface area (Å²) in [5.74, 6) is 1.40. The van der Waals surface area contributed by atoms with Crippen LogP contribution in [0.4, 0.5) is 0 Å². The van der Waals surface area contributed by atoms with Crippen molar-refractivity contribution in [1.82, 2.24) is 25.1 Å². The van der Waals surface area contributed by atoms with E-state index >= 15 is 0 Å². The van der Waals surface area contributed by atoms with Crippen molar-refractivity contribution in [2.75, 3.05) is 26.2 Å². The molecule has 0 spiro atoms. The van der Waals surface area contributed by atoms with Gasteiger partial charge in [0.25, 0.3) is 5.91 Å². The normalized spacial score (nSPS) is 15.6. The lowest BCUT2D eigenvalue weighted by Gasteiger charge is -2.33. The van der Waals surface area contributed by atoms with E-state index in [-0.39, 0.29) is 5.91 Å². The van der Waals surface area contributed by atoms with Crippen LogP contribution in [0.3, 0.4) is 0 Å². The van der Waals surface area contributed by atoms with Crippen LogP contribution in [0.2, 0.25) is 0 Å². The summed E-state index contributed by atoms with van der Waals surface area (Å²) in [6, 6.07) is 5.59. The van der Waals surface area contributed by atoms with Crippen molar-refractivity contribution in [3.05, 3.63) is 40.9 Å². The van der Waals surface area contributed by atoms with Gasteiger partial charge in [0, 0.05) is 32.2 Å². The Labute approximate surface area is 148 Å². The van der Waals surface area contributed by atoms with Gasteiger partial charge in [-0.3, -0.25) is 9.69 Å². The summed E-state index contributed by atoms with van der Waals surface area (Å²) >= 11 is 1.58. The number of hydrogen-bond acceptors (Lipinski definition) is 8. The molecule has 0 aliphatic carbocycles. The van der Waals surface area contributed by atoms with Crippen LogP contribution in [-0.4, -0.2) is 57.2 Å². The lowest BCUT2D eigenvalue weighted by Crippen LogP contribution is -2.48. The topological polar surface area (TPSA) is 88.5 Å². The molecule has 4 heterocycles. The van der Waals surface area contributed by atoms with Crippen LogP contribution in [0.1, 0.15) is 22.1 Å². The zero-order valence-corrected chi connectivity index (χ0v) is 14.5. The second kappa shape index (κ2) is 6.77. The molecule has 0 radical (unpaired) electrons. The Kier molecular flexibility index (Phi) is 4.33. The maximum absolute atomic E-state index is 12.3. The molecule has 4 rings (SSSR count). The summed E-state index contributed by atoms with van der Waals surface area (Å²) in [4.78, 5) is 21.8. The number of aromatic nitrogens is 3. The Hall–Kier alpha value is -2.52. The SMILES string of the molecule is Cc1cc(C(=O)N2CCN(Cc3nc(-c4cccs4)no3)CC2)on1. The third-order valence-electron chi connectivity index (χ3n) is 4.07. The van der Waals surface area contributed by atoms with E-state index in [0.717, 1.165) is 18.0 Å². The fraction of sp³-hybridized carbons (Fsp3) is 0.375. The van der Waals surface area contributed by atoms with Crippen molar-refractivity contribution in [1.29, 1.82) is 0 Å². The minimum Gasteiger partial charge on any atom is -0.351 e. The van der Waals surface area contributed by atoms with Gasteiger partial charge in [-0.2, -0.15) is 4.98 Å². The summed E-state index contributed by atoms with van der Waals surface area (Å²) in [7, 11) is 0. The maximum Gasteiger partial charge on any atom is 0.292 e. The summed E-state index contributed by atoms with van der Waals surface area (Å²) in [5.41, 5.74) is 0.708. The highest BCUT2D eigenvalue weighted by Crippen LogP contribution is 2.21. The molecule has 1 saturated heterocycles. The average molecular weight is 359 g/mol. The summed E-state index contributed by atoms with van der Waals surface area (Å²) in [6.07, 6.45) is 0. The molecule has 8 nitrogen and oxygen atoms in total. The van der Waals surface area contributed by atoms with E-state index in [0.29, 0.717) is 42.8 Å². The highest BCUT2D eigenvalue weighted by molar-refractivity contribution is 7.13. The number of nitrogens with zero attached hydrogens (tertiary/aromatic N) is 5. The highest BCUT2D eigenvalue weighted by atomic mass is 32.1. The van der Waals surface area contributed by atoms with E-state index in [1.165, 1.54) is 0 Å². The van der Waals surface area contributed by atoms with E-state index in [1.807, 2.05) is 17.5 Å². The van der Waals surface area contributed by atoms with Gasteiger partial charge >= 0.3 is 0 Å². The van der Waals surface area contributed by atoms with Crippen LogP contribution in [-0.2, 0) is 6.54 Å². The first-order chi connectivity index (χ1) is 12.2. The molecule has 25 heavy (non-hydrogen) atoms. The van der Waals surface area contributed by atoms with Crippen molar-refractivity contribution in [2.45, 2.75) is 13.5 Å². The van der Waals surface area contributed by atoms with Crippen molar-refractivity contribution in [3.8, 4) is 10.7 Å². The lowest BCUT2D eigenvalue weighted by atomic mass is 10.2. The fourth-order valence-corrected chi connectivity index (χ4v) is 3.39. The van der Waals surface area contributed by atoms with Crippen LogP contribution in [0.25, 0.3) is 10.7 Å². The summed E-state index contributed by atoms with van der Waals surface area (Å²) in [6.45, 7) is 5.13. The number of amides is 1. The third-order valence-corrected chi connectivity index (χ3v) is 4.93. The average Bonchev–Trinajstić information content (AvgIpc) is 3.36. The first-order valence-electron chi connectivity index (χ1n) is 8.00. The number of hydrogen-bond donors (Lipinski definition) is 0. The molecule has 0 unspecified atom stereocenters. The minimum absolute atomic E-state index is 0.113. The van der Waals surface area contributed by atoms with Crippen molar-refractivity contribution < 1.29 is 13.8 Å². The number of carbonyl (C=O) groups is 1. The number of aryl methyl sites for hydroxylation is 1. The molecule has 1 amide bonds. The Morgan fingerprint density at radius 2 is 2.08 bits per heavy atom. The predicted molar refractivity (Wildman–Crippen MR) is 90.0 cm³/mol. The van der Waals surface area contributed by atoms with Crippen molar-refractivity contribution in [2.24, 2.45) is 0 Å². The number of thiophene rings is 1. The van der Waals surface area contributed by atoms with Gasteiger partial charge in [-0.25, -0.2) is 0 Å². The van der Waals surface area contributed by atoms with Crippen molar-refractivity contribution in [3.63, 3.8) is 0 Å². The standard InChI is InChI=1S/C16H17N5O3S/c1-11-9-12(23-18-11)16(22)21-6-4-20(5-7-21)10-14-17-15(19-24-14)13-3-2-8-25-13/h2-3,8-9H,4-7,10H2,1H3. The molecule has 1 aliphatic rings. The second-order valence-corrected chi connectivity index (χ2v) is 6.84. The second-order valence-electron chi connectivity index (χ2n) is 5.89. The molecule has 0 bridgehead atoms. The number of piperazine rings is 1. The van der Waals surface area contributed by atoms with Crippen LogP contribution in [0.15, 0.2) is 32.6 Å². The van der Waals surface area contributed by atoms with E-state index in [9.17, 15) is 4.79 Å². The maximum atomic E-state index is 12.3. The number of carbonyl (C=O) groups excluding carboxylic acids is 1. The van der Waals surface area contributed by atoms with E-state index < -0.39 is 0 Å². The van der Waals surface area contributed by atoms with Crippen molar-refractivity contribution >= 4 is 17.2 Å². The van der Waals surface area contributed by atoms with Crippen LogP contribution < -0.4 is 0 Å². The molecule has 0 saturated carbocycles. The molecule has 0 N–H and O–H groups in total. The summed E-state index contributed by atoms with van der Waals surface area (Å²) in [5, 5.41) is 9.77. The monoisotopic (exact) mass is 359 g/mol. The molecule has 1 aliphatic heterocycles. The van der Waals surface area contributed by atoms with Gasteiger partial charge in [0.05, 0.1) is 17.1 Å². The van der Waals surface area contributed by atoms with Gasteiger partial charge in [0.1, 0.15) is 0 Å². The first kappa shape index (κ1) is 16.0. The van der Waals surface area contributed by atoms with E-state index in [2.05, 4.69) is 20.2 Å². The zero-order valence-electron chi connectivity index (χ0n) is 13.7. The van der Waals surface area contributed by atoms with Crippen LogP contribution in [0.5, 0.6) is 0 Å². The molecule has 3 aromatic rings. The van der Waals surface area contributed by atoms with Gasteiger partial charge < -0.3 is 13.9 Å². The van der Waals surface area contributed by atoms with E-state index in [4.69, 9.17) is 9.05 Å². The van der Waals surface area contributed by atoms with Gasteiger partial charge in [-0.1, -0.05) is 16.4 Å². The first-order valence-corrected chi connectivity index (χ1v) is 8.88. The molecule has 9 heteroatoms. The number of rotatable bonds is 4. The molecular formula is C16H17N5O3S. The Morgan fingerprint density at radius 3 is 2.76 bits per heavy atom. The van der Waals surface area contributed by atoms with Crippen LogP contribution >= 0.6 is 11.3 Å². The van der Waals surface area contributed by atoms with Gasteiger partial charge in [0.2, 0.25) is 17.5 Å². The smallest absolute Gasteiger partial charge is 0.292 e.